The summed E-state index contributed by atoms with van der Waals surface area (Å²) in [5, 5.41) is 6.84. The molecule has 0 aromatic heterocycles. The van der Waals surface area contributed by atoms with E-state index in [4.69, 9.17) is 14.2 Å². The SMILES string of the molecule is CCOc1cc(C=NNC(=O)C(C(=O)Nc2ccc(OC)cc2)C(C)C)cc(I)c1OC(C)C. The molecule has 1 unspecified atom stereocenters. The Morgan fingerprint density at radius 3 is 2.32 bits per heavy atom. The van der Waals surface area contributed by atoms with E-state index >= 15 is 0 Å². The summed E-state index contributed by atoms with van der Waals surface area (Å²) in [5.74, 6) is -0.0837. The van der Waals surface area contributed by atoms with Crippen molar-refractivity contribution in [1.29, 1.82) is 0 Å². The van der Waals surface area contributed by atoms with Gasteiger partial charge in [-0.3, -0.25) is 9.59 Å². The van der Waals surface area contributed by atoms with Gasteiger partial charge in [-0.15, -0.1) is 0 Å². The molecular weight excluding hydrogens is 549 g/mol. The molecule has 2 aromatic carbocycles. The van der Waals surface area contributed by atoms with Gasteiger partial charge in [0.05, 0.1) is 29.6 Å². The lowest BCUT2D eigenvalue weighted by Gasteiger charge is -2.18. The maximum absolute atomic E-state index is 12.8. The highest BCUT2D eigenvalue weighted by molar-refractivity contribution is 14.1. The molecule has 9 heteroatoms. The van der Waals surface area contributed by atoms with E-state index in [1.807, 2.05) is 40.7 Å². The molecule has 0 saturated heterocycles. The van der Waals surface area contributed by atoms with Gasteiger partial charge in [-0.1, -0.05) is 13.8 Å². The van der Waals surface area contributed by atoms with Crippen LogP contribution in [-0.4, -0.2) is 37.8 Å². The van der Waals surface area contributed by atoms with E-state index in [0.29, 0.717) is 29.5 Å². The first-order chi connectivity index (χ1) is 16.2. The van der Waals surface area contributed by atoms with Crippen LogP contribution >= 0.6 is 22.6 Å². The van der Waals surface area contributed by atoms with Gasteiger partial charge in [-0.2, -0.15) is 5.10 Å². The van der Waals surface area contributed by atoms with Gasteiger partial charge >= 0.3 is 0 Å². The number of ether oxygens (including phenoxy) is 3. The third-order valence-electron chi connectivity index (χ3n) is 4.66. The molecule has 0 heterocycles. The molecule has 0 fully saturated rings. The van der Waals surface area contributed by atoms with Crippen LogP contribution in [0.4, 0.5) is 5.69 Å². The Bertz CT molecular complexity index is 1010. The number of hydrogen-bond acceptors (Lipinski definition) is 6. The Morgan fingerprint density at radius 2 is 1.76 bits per heavy atom. The predicted molar refractivity (Wildman–Crippen MR) is 142 cm³/mol. The fourth-order valence-corrected chi connectivity index (χ4v) is 3.89. The zero-order valence-electron chi connectivity index (χ0n) is 20.3. The Kier molecular flexibility index (Phi) is 10.6. The second-order valence-electron chi connectivity index (χ2n) is 8.10. The Hall–Kier alpha value is -2.82. The van der Waals surface area contributed by atoms with Gasteiger partial charge in [0.15, 0.2) is 11.5 Å². The van der Waals surface area contributed by atoms with Crippen molar-refractivity contribution >= 4 is 46.3 Å². The van der Waals surface area contributed by atoms with Crippen LogP contribution in [0.2, 0.25) is 0 Å². The highest BCUT2D eigenvalue weighted by Crippen LogP contribution is 2.34. The summed E-state index contributed by atoms with van der Waals surface area (Å²) in [6, 6.07) is 10.6. The van der Waals surface area contributed by atoms with Gasteiger partial charge in [-0.05, 0) is 91.2 Å². The number of hydrazone groups is 1. The maximum atomic E-state index is 12.8. The monoisotopic (exact) mass is 581 g/mol. The number of amides is 2. The van der Waals surface area contributed by atoms with Gasteiger partial charge in [0.2, 0.25) is 5.91 Å². The number of carbonyl (C=O) groups is 2. The summed E-state index contributed by atoms with van der Waals surface area (Å²) in [7, 11) is 1.57. The number of anilines is 1. The largest absolute Gasteiger partial charge is 0.497 e. The average molecular weight is 581 g/mol. The summed E-state index contributed by atoms with van der Waals surface area (Å²) < 4.78 is 17.6. The van der Waals surface area contributed by atoms with E-state index in [1.165, 1.54) is 6.21 Å². The fraction of sp³-hybridized carbons (Fsp3) is 0.400. The van der Waals surface area contributed by atoms with Crippen molar-refractivity contribution in [3.05, 3.63) is 45.5 Å². The molecule has 0 spiro atoms. The normalized spacial score (nSPS) is 12.0. The van der Waals surface area contributed by atoms with Crippen LogP contribution < -0.4 is 25.0 Å². The summed E-state index contributed by atoms with van der Waals surface area (Å²) in [6.07, 6.45) is 1.52. The minimum atomic E-state index is -0.916. The molecule has 0 aliphatic heterocycles. The van der Waals surface area contributed by atoms with E-state index in [9.17, 15) is 9.59 Å². The summed E-state index contributed by atoms with van der Waals surface area (Å²) in [6.45, 7) is 9.91. The summed E-state index contributed by atoms with van der Waals surface area (Å²) >= 11 is 2.18. The van der Waals surface area contributed by atoms with E-state index in [1.54, 1.807) is 37.4 Å². The molecule has 0 aliphatic rings. The topological polar surface area (TPSA) is 98.2 Å². The molecule has 2 rings (SSSR count). The van der Waals surface area contributed by atoms with E-state index in [2.05, 4.69) is 38.4 Å². The Balaban J connectivity index is 2.11. The lowest BCUT2D eigenvalue weighted by molar-refractivity contribution is -0.134. The highest BCUT2D eigenvalue weighted by Gasteiger charge is 2.30. The van der Waals surface area contributed by atoms with Crippen LogP contribution in [0.1, 0.15) is 40.2 Å². The number of nitrogens with zero attached hydrogens (tertiary/aromatic N) is 1. The number of hydrogen-bond donors (Lipinski definition) is 2. The first-order valence-corrected chi connectivity index (χ1v) is 12.1. The average Bonchev–Trinajstić information content (AvgIpc) is 2.76. The van der Waals surface area contributed by atoms with Crippen LogP contribution in [0.15, 0.2) is 41.5 Å². The molecule has 2 aromatic rings. The molecule has 1 atom stereocenters. The molecule has 0 saturated carbocycles. The minimum absolute atomic E-state index is 0.00329. The molecule has 2 amide bonds. The van der Waals surface area contributed by atoms with Crippen molar-refractivity contribution in [2.24, 2.45) is 16.9 Å². The molecular formula is C25H32IN3O5. The van der Waals surface area contributed by atoms with Gasteiger partial charge in [0.1, 0.15) is 11.7 Å². The molecule has 0 radical (unpaired) electrons. The molecule has 8 nitrogen and oxygen atoms in total. The quantitative estimate of drug-likeness (QED) is 0.171. The maximum Gasteiger partial charge on any atom is 0.252 e. The van der Waals surface area contributed by atoms with Crippen molar-refractivity contribution in [1.82, 2.24) is 5.43 Å². The molecule has 2 N–H and O–H groups in total. The van der Waals surface area contributed by atoms with Crippen molar-refractivity contribution in [3.63, 3.8) is 0 Å². The first kappa shape index (κ1) is 27.4. The third kappa shape index (κ3) is 7.89. The van der Waals surface area contributed by atoms with Crippen molar-refractivity contribution < 1.29 is 23.8 Å². The Morgan fingerprint density at radius 1 is 1.09 bits per heavy atom. The van der Waals surface area contributed by atoms with Crippen LogP contribution in [-0.2, 0) is 9.59 Å². The van der Waals surface area contributed by atoms with Gasteiger partial charge < -0.3 is 19.5 Å². The molecule has 184 valence electrons. The number of halogens is 1. The van der Waals surface area contributed by atoms with Crippen LogP contribution in [0.3, 0.4) is 0 Å². The van der Waals surface area contributed by atoms with Gasteiger partial charge in [0.25, 0.3) is 5.91 Å². The van der Waals surface area contributed by atoms with E-state index in [-0.39, 0.29) is 12.0 Å². The minimum Gasteiger partial charge on any atom is -0.497 e. The molecule has 0 bridgehead atoms. The number of benzene rings is 2. The summed E-state index contributed by atoms with van der Waals surface area (Å²) in [5.41, 5.74) is 3.80. The number of rotatable bonds is 11. The van der Waals surface area contributed by atoms with E-state index < -0.39 is 17.7 Å². The number of methoxy groups -OCH3 is 1. The molecule has 34 heavy (non-hydrogen) atoms. The van der Waals surface area contributed by atoms with Gasteiger partial charge in [-0.25, -0.2) is 5.43 Å². The van der Waals surface area contributed by atoms with Crippen molar-refractivity contribution in [3.8, 4) is 17.2 Å². The van der Waals surface area contributed by atoms with E-state index in [0.717, 1.165) is 9.13 Å². The summed E-state index contributed by atoms with van der Waals surface area (Å²) in [4.78, 5) is 25.6. The molecule has 0 aliphatic carbocycles. The fourth-order valence-electron chi connectivity index (χ4n) is 3.13. The Labute approximate surface area is 214 Å². The second kappa shape index (κ2) is 13.2. The predicted octanol–water partition coefficient (Wildman–Crippen LogP) is 4.85. The van der Waals surface area contributed by atoms with Crippen molar-refractivity contribution in [2.75, 3.05) is 19.0 Å². The lowest BCUT2D eigenvalue weighted by Crippen LogP contribution is -2.39. The zero-order chi connectivity index (χ0) is 25.3. The van der Waals surface area contributed by atoms with Crippen LogP contribution in [0.5, 0.6) is 17.2 Å². The number of carbonyl (C=O) groups excluding carboxylic acids is 2. The highest BCUT2D eigenvalue weighted by atomic mass is 127. The lowest BCUT2D eigenvalue weighted by atomic mass is 9.94. The number of nitrogens with one attached hydrogen (secondary N) is 2. The van der Waals surface area contributed by atoms with Crippen molar-refractivity contribution in [2.45, 2.75) is 40.7 Å². The van der Waals surface area contributed by atoms with Gasteiger partial charge in [0, 0.05) is 5.69 Å². The second-order valence-corrected chi connectivity index (χ2v) is 9.27. The zero-order valence-corrected chi connectivity index (χ0v) is 22.5. The smallest absolute Gasteiger partial charge is 0.252 e. The van der Waals surface area contributed by atoms with Crippen LogP contribution in [0, 0.1) is 15.4 Å². The third-order valence-corrected chi connectivity index (χ3v) is 5.46. The standard InChI is InChI=1S/C25H32IN3O5/c1-7-33-21-13-17(12-20(26)23(21)34-16(4)5)14-27-29-25(31)22(15(2)3)24(30)28-18-8-10-19(32-6)11-9-18/h8-16,22H,7H2,1-6H3,(H,28,30)(H,29,31). The van der Waals surface area contributed by atoms with Crippen LogP contribution in [0.25, 0.3) is 0 Å². The first-order valence-electron chi connectivity index (χ1n) is 11.1.